The van der Waals surface area contributed by atoms with E-state index >= 15 is 0 Å². The van der Waals surface area contributed by atoms with Crippen LogP contribution in [-0.4, -0.2) is 0 Å². The van der Waals surface area contributed by atoms with Crippen molar-refractivity contribution in [2.75, 3.05) is 4.90 Å². The van der Waals surface area contributed by atoms with Gasteiger partial charge in [0.25, 0.3) is 0 Å². The molecule has 0 unspecified atom stereocenters. The van der Waals surface area contributed by atoms with Crippen molar-refractivity contribution in [2.24, 2.45) is 0 Å². The summed E-state index contributed by atoms with van der Waals surface area (Å²) in [5, 5.41) is 2.56. The summed E-state index contributed by atoms with van der Waals surface area (Å²) >= 11 is 0. The Morgan fingerprint density at radius 2 is 0.840 bits per heavy atom. The van der Waals surface area contributed by atoms with E-state index in [0.29, 0.717) is 0 Å². The van der Waals surface area contributed by atoms with Crippen LogP contribution in [0, 0.1) is 0 Å². The number of rotatable bonds is 6. The molecule has 8 aromatic carbocycles. The maximum absolute atomic E-state index is 2.44. The van der Waals surface area contributed by atoms with E-state index in [9.17, 15) is 0 Å². The predicted molar refractivity (Wildman–Crippen MR) is 213 cm³/mol. The molecule has 1 nitrogen and oxygen atoms in total. The van der Waals surface area contributed by atoms with Gasteiger partial charge in [0.05, 0.1) is 5.69 Å². The van der Waals surface area contributed by atoms with Gasteiger partial charge in [-0.05, 0) is 109 Å². The first-order chi connectivity index (χ1) is 24.5. The zero-order valence-corrected chi connectivity index (χ0v) is 28.3. The quantitative estimate of drug-likeness (QED) is 0.175. The fraction of sp³-hybridized carbons (Fsp3) is 0.0612. The minimum atomic E-state index is -0.0953. The Hall–Kier alpha value is -6.18. The summed E-state index contributed by atoms with van der Waals surface area (Å²) < 4.78 is 0. The molecule has 1 aliphatic carbocycles. The SMILES string of the molecule is CC1(C)c2ccc(N(c3ccc(-c4ccccc4)cc3)c3ccc(-c4ccccc4)cc3-c3ccccc3)cc2-c2cc3ccccc3cc21. The molecule has 238 valence electrons. The Kier molecular flexibility index (Phi) is 7.21. The summed E-state index contributed by atoms with van der Waals surface area (Å²) in [5.41, 5.74) is 15.9. The van der Waals surface area contributed by atoms with E-state index in [0.717, 1.165) is 17.1 Å². The van der Waals surface area contributed by atoms with Gasteiger partial charge in [0.2, 0.25) is 0 Å². The summed E-state index contributed by atoms with van der Waals surface area (Å²) in [5.74, 6) is 0. The topological polar surface area (TPSA) is 3.24 Å². The zero-order chi connectivity index (χ0) is 33.7. The van der Waals surface area contributed by atoms with E-state index < -0.39 is 0 Å². The summed E-state index contributed by atoms with van der Waals surface area (Å²) in [6, 6.07) is 68.6. The second-order valence-electron chi connectivity index (χ2n) is 13.8. The van der Waals surface area contributed by atoms with Gasteiger partial charge in [-0.1, -0.05) is 153 Å². The van der Waals surface area contributed by atoms with Crippen LogP contribution in [0.15, 0.2) is 188 Å². The molecule has 0 fully saturated rings. The van der Waals surface area contributed by atoms with E-state index in [1.165, 1.54) is 66.4 Å². The van der Waals surface area contributed by atoms with E-state index in [-0.39, 0.29) is 5.41 Å². The van der Waals surface area contributed by atoms with Crippen molar-refractivity contribution in [2.45, 2.75) is 19.3 Å². The van der Waals surface area contributed by atoms with Gasteiger partial charge in [-0.2, -0.15) is 0 Å². The van der Waals surface area contributed by atoms with Gasteiger partial charge in [-0.15, -0.1) is 0 Å². The van der Waals surface area contributed by atoms with Gasteiger partial charge in [0.1, 0.15) is 0 Å². The van der Waals surface area contributed by atoms with Crippen molar-refractivity contribution in [3.8, 4) is 44.5 Å². The number of hydrogen-bond donors (Lipinski definition) is 0. The van der Waals surface area contributed by atoms with Crippen molar-refractivity contribution in [1.82, 2.24) is 0 Å². The highest BCUT2D eigenvalue weighted by atomic mass is 15.1. The summed E-state index contributed by atoms with van der Waals surface area (Å²) in [6.07, 6.45) is 0. The van der Waals surface area contributed by atoms with Gasteiger partial charge in [0, 0.05) is 22.4 Å². The number of fused-ring (bicyclic) bond motifs is 4. The molecule has 0 saturated carbocycles. The molecule has 0 amide bonds. The maximum Gasteiger partial charge on any atom is 0.0540 e. The van der Waals surface area contributed by atoms with Crippen molar-refractivity contribution < 1.29 is 0 Å². The van der Waals surface area contributed by atoms with E-state index in [1.807, 2.05) is 0 Å². The molecule has 0 aromatic heterocycles. The third-order valence-electron chi connectivity index (χ3n) is 10.4. The smallest absolute Gasteiger partial charge is 0.0540 e. The lowest BCUT2D eigenvalue weighted by Crippen LogP contribution is -2.15. The Balaban J connectivity index is 1.26. The molecule has 0 radical (unpaired) electrons. The number of anilines is 3. The Labute approximate surface area is 294 Å². The number of nitrogens with zero attached hydrogens (tertiary/aromatic N) is 1. The fourth-order valence-corrected chi connectivity index (χ4v) is 7.82. The number of benzene rings is 8. The molecule has 9 rings (SSSR count). The minimum absolute atomic E-state index is 0.0953. The van der Waals surface area contributed by atoms with Crippen LogP contribution in [0.2, 0.25) is 0 Å². The molecule has 0 aliphatic heterocycles. The van der Waals surface area contributed by atoms with Crippen molar-refractivity contribution in [1.29, 1.82) is 0 Å². The molecule has 0 spiro atoms. The highest BCUT2D eigenvalue weighted by Gasteiger charge is 2.36. The molecular formula is C49H37N. The van der Waals surface area contributed by atoms with Gasteiger partial charge >= 0.3 is 0 Å². The summed E-state index contributed by atoms with van der Waals surface area (Å²) in [6.45, 7) is 4.73. The highest BCUT2D eigenvalue weighted by molar-refractivity contribution is 5.96. The second-order valence-corrected chi connectivity index (χ2v) is 13.8. The summed E-state index contributed by atoms with van der Waals surface area (Å²) in [7, 11) is 0. The average Bonchev–Trinajstić information content (AvgIpc) is 3.40. The van der Waals surface area contributed by atoms with Crippen molar-refractivity contribution in [3.63, 3.8) is 0 Å². The van der Waals surface area contributed by atoms with Gasteiger partial charge in [-0.25, -0.2) is 0 Å². The molecule has 0 N–H and O–H groups in total. The minimum Gasteiger partial charge on any atom is -0.310 e. The molecule has 8 aromatic rings. The monoisotopic (exact) mass is 639 g/mol. The maximum atomic E-state index is 2.44. The van der Waals surface area contributed by atoms with Crippen LogP contribution >= 0.6 is 0 Å². The first-order valence-electron chi connectivity index (χ1n) is 17.4. The molecule has 0 saturated heterocycles. The predicted octanol–water partition coefficient (Wildman–Crippen LogP) is 13.6. The Bertz CT molecular complexity index is 2480. The van der Waals surface area contributed by atoms with Crippen LogP contribution in [0.25, 0.3) is 55.3 Å². The molecule has 1 heteroatoms. The summed E-state index contributed by atoms with van der Waals surface area (Å²) in [4.78, 5) is 2.44. The highest BCUT2D eigenvalue weighted by Crippen LogP contribution is 2.52. The largest absolute Gasteiger partial charge is 0.310 e. The Morgan fingerprint density at radius 1 is 0.340 bits per heavy atom. The Morgan fingerprint density at radius 3 is 1.50 bits per heavy atom. The lowest BCUT2D eigenvalue weighted by atomic mass is 9.82. The zero-order valence-electron chi connectivity index (χ0n) is 28.3. The molecule has 1 aliphatic rings. The standard InChI is InChI=1S/C49H37N/c1-49(2)46-28-27-42(33-45(46)44-31-38-20-12-13-21-39(38)32-47(44)49)50(41-25-22-36(23-26-41)34-14-6-3-7-15-34)48-29-24-40(35-16-8-4-9-17-35)30-43(48)37-18-10-5-11-19-37/h3-33H,1-2H3. The van der Waals surface area contributed by atoms with E-state index in [4.69, 9.17) is 0 Å². The second kappa shape index (κ2) is 12.1. The fourth-order valence-electron chi connectivity index (χ4n) is 7.82. The average molecular weight is 640 g/mol. The normalized spacial score (nSPS) is 12.8. The first-order valence-corrected chi connectivity index (χ1v) is 17.4. The van der Waals surface area contributed by atoms with Crippen LogP contribution in [-0.2, 0) is 5.41 Å². The number of hydrogen-bond acceptors (Lipinski definition) is 1. The van der Waals surface area contributed by atoms with Crippen molar-refractivity contribution in [3.05, 3.63) is 199 Å². The molecule has 0 atom stereocenters. The lowest BCUT2D eigenvalue weighted by molar-refractivity contribution is 0.661. The molecule has 0 bridgehead atoms. The van der Waals surface area contributed by atoms with E-state index in [1.54, 1.807) is 0 Å². The van der Waals surface area contributed by atoms with E-state index in [2.05, 4.69) is 207 Å². The molecule has 50 heavy (non-hydrogen) atoms. The third-order valence-corrected chi connectivity index (χ3v) is 10.4. The third kappa shape index (κ3) is 5.11. The van der Waals surface area contributed by atoms with Crippen LogP contribution in [0.3, 0.4) is 0 Å². The van der Waals surface area contributed by atoms with Crippen molar-refractivity contribution >= 4 is 27.8 Å². The van der Waals surface area contributed by atoms with Gasteiger partial charge in [-0.3, -0.25) is 0 Å². The van der Waals surface area contributed by atoms with Gasteiger partial charge in [0.15, 0.2) is 0 Å². The lowest BCUT2D eigenvalue weighted by Gasteiger charge is -2.29. The van der Waals surface area contributed by atoms with Crippen LogP contribution in [0.5, 0.6) is 0 Å². The molecular weight excluding hydrogens is 603 g/mol. The van der Waals surface area contributed by atoms with Crippen LogP contribution in [0.4, 0.5) is 17.1 Å². The van der Waals surface area contributed by atoms with Crippen LogP contribution in [0.1, 0.15) is 25.0 Å². The first kappa shape index (κ1) is 29.9. The van der Waals surface area contributed by atoms with Crippen LogP contribution < -0.4 is 4.90 Å². The molecule has 0 heterocycles. The van der Waals surface area contributed by atoms with Gasteiger partial charge < -0.3 is 4.90 Å².